The number of rotatable bonds is 3. The van der Waals surface area contributed by atoms with E-state index in [1.54, 1.807) is 6.92 Å². The van der Waals surface area contributed by atoms with Crippen molar-refractivity contribution >= 4 is 11.5 Å². The highest BCUT2D eigenvalue weighted by molar-refractivity contribution is 5.90. The van der Waals surface area contributed by atoms with Gasteiger partial charge in [-0.05, 0) is 42.3 Å². The molecule has 6 heteroatoms. The Morgan fingerprint density at radius 3 is 2.18 bits per heavy atom. The van der Waals surface area contributed by atoms with Gasteiger partial charge in [0.2, 0.25) is 0 Å². The number of allylic oxidation sites excluding steroid dienone is 1. The summed E-state index contributed by atoms with van der Waals surface area (Å²) in [6.07, 6.45) is -0.235. The fraction of sp³-hybridized carbons (Fsp3) is 0.125. The number of pyridine rings is 1. The van der Waals surface area contributed by atoms with E-state index in [0.717, 1.165) is 12.1 Å². The van der Waals surface area contributed by atoms with Crippen LogP contribution in [0.15, 0.2) is 55.1 Å². The zero-order valence-corrected chi connectivity index (χ0v) is 11.6. The van der Waals surface area contributed by atoms with Crippen molar-refractivity contribution in [1.29, 1.82) is 0 Å². The van der Waals surface area contributed by atoms with E-state index < -0.39 is 17.7 Å². The van der Waals surface area contributed by atoms with Gasteiger partial charge in [-0.15, -0.1) is 0 Å². The second kappa shape index (κ2) is 6.43. The van der Waals surface area contributed by atoms with E-state index in [-0.39, 0.29) is 0 Å². The van der Waals surface area contributed by atoms with Crippen LogP contribution in [-0.2, 0) is 10.9 Å². The number of alkyl halides is 3. The average molecular weight is 307 g/mol. The van der Waals surface area contributed by atoms with Crippen molar-refractivity contribution in [3.8, 4) is 0 Å². The third-order valence-corrected chi connectivity index (χ3v) is 2.93. The van der Waals surface area contributed by atoms with Gasteiger partial charge in [-0.2, -0.15) is 13.2 Å². The monoisotopic (exact) mass is 307 g/mol. The lowest BCUT2D eigenvalue weighted by molar-refractivity contribution is -0.137. The Hall–Kier alpha value is -2.63. The maximum atomic E-state index is 12.5. The lowest BCUT2D eigenvalue weighted by Crippen LogP contribution is -2.04. The molecule has 114 valence electrons. The summed E-state index contributed by atoms with van der Waals surface area (Å²) >= 11 is 0. The molecule has 0 aliphatic carbocycles. The first kappa shape index (κ1) is 15.8. The number of benzene rings is 1. The van der Waals surface area contributed by atoms with Gasteiger partial charge in [0.25, 0.3) is 0 Å². The number of aromatic nitrogens is 1. The summed E-state index contributed by atoms with van der Waals surface area (Å²) < 4.78 is 42.4. The van der Waals surface area contributed by atoms with Gasteiger partial charge < -0.3 is 4.74 Å². The number of nitrogens with zero attached hydrogens (tertiary/aromatic N) is 1. The minimum Gasteiger partial charge on any atom is -0.431 e. The highest BCUT2D eigenvalue weighted by Gasteiger charge is 2.29. The number of halogens is 3. The fourth-order valence-electron chi connectivity index (χ4n) is 1.69. The lowest BCUT2D eigenvalue weighted by Gasteiger charge is -2.08. The molecule has 0 bridgehead atoms. The van der Waals surface area contributed by atoms with E-state index >= 15 is 0 Å². The summed E-state index contributed by atoms with van der Waals surface area (Å²) in [5.41, 5.74) is 0.691. The van der Waals surface area contributed by atoms with Crippen LogP contribution < -0.4 is 0 Å². The first-order valence-electron chi connectivity index (χ1n) is 6.33. The molecular formula is C16H12F3NO2. The van der Waals surface area contributed by atoms with Crippen molar-refractivity contribution < 1.29 is 22.7 Å². The van der Waals surface area contributed by atoms with Gasteiger partial charge in [0.1, 0.15) is 0 Å². The van der Waals surface area contributed by atoms with Crippen LogP contribution in [-0.4, -0.2) is 11.0 Å². The summed E-state index contributed by atoms with van der Waals surface area (Å²) in [7, 11) is 0. The summed E-state index contributed by atoms with van der Waals surface area (Å²) in [5, 5.41) is 0. The standard InChI is InChI=1S/C16H12F3NO2/c1-11(10-22-15(21)13-6-8-20-9-7-13)12-2-4-14(5-3-12)16(17,18)19/h2-10H,1H3/b11-10+. The zero-order chi connectivity index (χ0) is 16.2. The predicted molar refractivity (Wildman–Crippen MR) is 74.7 cm³/mol. The van der Waals surface area contributed by atoms with Gasteiger partial charge in [0, 0.05) is 12.4 Å². The Labute approximate surface area is 125 Å². The number of hydrogen-bond acceptors (Lipinski definition) is 3. The number of hydrogen-bond donors (Lipinski definition) is 0. The fourth-order valence-corrected chi connectivity index (χ4v) is 1.69. The summed E-state index contributed by atoms with van der Waals surface area (Å²) in [5.74, 6) is -0.561. The largest absolute Gasteiger partial charge is 0.431 e. The van der Waals surface area contributed by atoms with E-state index in [0.29, 0.717) is 16.7 Å². The smallest absolute Gasteiger partial charge is 0.416 e. The molecule has 2 rings (SSSR count). The third-order valence-electron chi connectivity index (χ3n) is 2.93. The number of esters is 1. The van der Waals surface area contributed by atoms with Crippen molar-refractivity contribution in [3.63, 3.8) is 0 Å². The summed E-state index contributed by atoms with van der Waals surface area (Å²) in [6.45, 7) is 1.64. The summed E-state index contributed by atoms with van der Waals surface area (Å²) in [6, 6.07) is 7.63. The SMILES string of the molecule is C/C(=C\OC(=O)c1ccncc1)c1ccc(C(F)(F)F)cc1. The molecular weight excluding hydrogens is 295 g/mol. The molecule has 0 radical (unpaired) electrons. The highest BCUT2D eigenvalue weighted by Crippen LogP contribution is 2.30. The van der Waals surface area contributed by atoms with Crippen molar-refractivity contribution in [3.05, 3.63) is 71.7 Å². The molecule has 22 heavy (non-hydrogen) atoms. The number of carbonyl (C=O) groups excluding carboxylic acids is 1. The lowest BCUT2D eigenvalue weighted by atomic mass is 10.1. The van der Waals surface area contributed by atoms with Crippen LogP contribution in [0.4, 0.5) is 13.2 Å². The number of ether oxygens (including phenoxy) is 1. The molecule has 1 heterocycles. The van der Waals surface area contributed by atoms with Gasteiger partial charge in [-0.25, -0.2) is 4.79 Å². The quantitative estimate of drug-likeness (QED) is 0.626. The average Bonchev–Trinajstić information content (AvgIpc) is 2.52. The molecule has 1 aromatic carbocycles. The van der Waals surface area contributed by atoms with E-state index in [1.807, 2.05) is 0 Å². The Morgan fingerprint density at radius 1 is 1.05 bits per heavy atom. The van der Waals surface area contributed by atoms with Crippen LogP contribution >= 0.6 is 0 Å². The minimum absolute atomic E-state index is 0.339. The zero-order valence-electron chi connectivity index (χ0n) is 11.6. The Morgan fingerprint density at radius 2 is 1.64 bits per heavy atom. The molecule has 0 atom stereocenters. The van der Waals surface area contributed by atoms with Crippen molar-refractivity contribution in [2.24, 2.45) is 0 Å². The minimum atomic E-state index is -4.37. The first-order chi connectivity index (χ1) is 10.4. The maximum absolute atomic E-state index is 12.5. The van der Waals surface area contributed by atoms with Gasteiger partial charge in [-0.1, -0.05) is 12.1 Å². The topological polar surface area (TPSA) is 39.2 Å². The van der Waals surface area contributed by atoms with Crippen LogP contribution in [0.25, 0.3) is 5.57 Å². The van der Waals surface area contributed by atoms with Crippen molar-refractivity contribution in [1.82, 2.24) is 4.98 Å². The molecule has 3 nitrogen and oxygen atoms in total. The molecule has 0 amide bonds. The van der Waals surface area contributed by atoms with Crippen LogP contribution in [0.5, 0.6) is 0 Å². The van der Waals surface area contributed by atoms with E-state index in [1.165, 1.54) is 42.9 Å². The Kier molecular flexibility index (Phi) is 4.60. The third kappa shape index (κ3) is 3.94. The van der Waals surface area contributed by atoms with E-state index in [9.17, 15) is 18.0 Å². The molecule has 0 saturated carbocycles. The summed E-state index contributed by atoms with van der Waals surface area (Å²) in [4.78, 5) is 15.5. The van der Waals surface area contributed by atoms with Gasteiger partial charge in [0.05, 0.1) is 17.4 Å². The van der Waals surface area contributed by atoms with Crippen LogP contribution in [0.2, 0.25) is 0 Å². The van der Waals surface area contributed by atoms with Gasteiger partial charge >= 0.3 is 12.1 Å². The highest BCUT2D eigenvalue weighted by atomic mass is 19.4. The van der Waals surface area contributed by atoms with Gasteiger partial charge in [0.15, 0.2) is 0 Å². The molecule has 0 unspecified atom stereocenters. The Balaban J connectivity index is 2.08. The van der Waals surface area contributed by atoms with Crippen LogP contribution in [0, 0.1) is 0 Å². The number of carbonyl (C=O) groups is 1. The molecule has 1 aromatic heterocycles. The molecule has 0 N–H and O–H groups in total. The first-order valence-corrected chi connectivity index (χ1v) is 6.33. The molecule has 0 spiro atoms. The Bertz CT molecular complexity index is 677. The second-order valence-electron chi connectivity index (χ2n) is 4.52. The van der Waals surface area contributed by atoms with Crippen molar-refractivity contribution in [2.45, 2.75) is 13.1 Å². The molecule has 0 saturated heterocycles. The van der Waals surface area contributed by atoms with E-state index in [4.69, 9.17) is 4.74 Å². The van der Waals surface area contributed by atoms with Gasteiger partial charge in [-0.3, -0.25) is 4.98 Å². The normalized spacial score (nSPS) is 12.1. The van der Waals surface area contributed by atoms with Crippen LogP contribution in [0.3, 0.4) is 0 Å². The molecule has 0 fully saturated rings. The molecule has 2 aromatic rings. The van der Waals surface area contributed by atoms with E-state index in [2.05, 4.69) is 4.98 Å². The molecule has 0 aliphatic rings. The van der Waals surface area contributed by atoms with Crippen molar-refractivity contribution in [2.75, 3.05) is 0 Å². The van der Waals surface area contributed by atoms with Crippen LogP contribution in [0.1, 0.15) is 28.4 Å². The maximum Gasteiger partial charge on any atom is 0.416 e. The predicted octanol–water partition coefficient (Wildman–Crippen LogP) is 4.32. The second-order valence-corrected chi connectivity index (χ2v) is 4.52. The molecule has 0 aliphatic heterocycles.